The molecule has 68 valence electrons. The zero-order valence-electron chi connectivity index (χ0n) is 7.06. The first kappa shape index (κ1) is 9.25. The lowest BCUT2D eigenvalue weighted by Gasteiger charge is -2.17. The van der Waals surface area contributed by atoms with Gasteiger partial charge in [0.05, 0.1) is 6.26 Å². The van der Waals surface area contributed by atoms with E-state index in [1.54, 1.807) is 12.1 Å². The van der Waals surface area contributed by atoms with Gasteiger partial charge in [-0.15, -0.1) is 0 Å². The van der Waals surface area contributed by atoms with E-state index in [1.807, 2.05) is 0 Å². The van der Waals surface area contributed by atoms with E-state index in [0.717, 1.165) is 0 Å². The molecule has 1 aromatic rings. The summed E-state index contributed by atoms with van der Waals surface area (Å²) in [6, 6.07) is 3.36. The van der Waals surface area contributed by atoms with Gasteiger partial charge in [0, 0.05) is 14.2 Å². The molecule has 12 heavy (non-hydrogen) atoms. The molecular weight excluding hydrogens is 160 g/mol. The normalized spacial score (nSPS) is 13.7. The van der Waals surface area contributed by atoms with Crippen LogP contribution in [0, 0.1) is 0 Å². The zero-order chi connectivity index (χ0) is 8.97. The van der Waals surface area contributed by atoms with E-state index in [0.29, 0.717) is 5.76 Å². The standard InChI is InChI=1S/C8H12O4/c1-10-8(11-2)7(9)6-4-3-5-12-6/h3-5,7-9H,1-2H3. The summed E-state index contributed by atoms with van der Waals surface area (Å²) in [5, 5.41) is 9.53. The quantitative estimate of drug-likeness (QED) is 0.686. The number of aliphatic hydroxyl groups excluding tert-OH is 1. The van der Waals surface area contributed by atoms with Crippen LogP contribution in [0.2, 0.25) is 0 Å². The second-order valence-corrected chi connectivity index (χ2v) is 2.30. The topological polar surface area (TPSA) is 51.8 Å². The Hall–Kier alpha value is -0.840. The van der Waals surface area contributed by atoms with Gasteiger partial charge in [-0.05, 0) is 12.1 Å². The molecule has 1 rings (SSSR count). The molecule has 0 spiro atoms. The molecule has 0 radical (unpaired) electrons. The Kier molecular flexibility index (Phi) is 3.28. The first-order chi connectivity index (χ1) is 5.79. The van der Waals surface area contributed by atoms with Crippen LogP contribution in [-0.4, -0.2) is 25.6 Å². The Morgan fingerprint density at radius 1 is 1.42 bits per heavy atom. The molecule has 0 aliphatic rings. The first-order valence-electron chi connectivity index (χ1n) is 3.56. The van der Waals surface area contributed by atoms with Gasteiger partial charge >= 0.3 is 0 Å². The van der Waals surface area contributed by atoms with E-state index in [9.17, 15) is 5.11 Å². The molecule has 0 amide bonds. The molecule has 0 bridgehead atoms. The van der Waals surface area contributed by atoms with Gasteiger partial charge in [-0.3, -0.25) is 0 Å². The van der Waals surface area contributed by atoms with Crippen molar-refractivity contribution in [1.82, 2.24) is 0 Å². The summed E-state index contributed by atoms with van der Waals surface area (Å²) >= 11 is 0. The number of ether oxygens (including phenoxy) is 2. The van der Waals surface area contributed by atoms with Crippen LogP contribution in [0.4, 0.5) is 0 Å². The van der Waals surface area contributed by atoms with Crippen molar-refractivity contribution in [1.29, 1.82) is 0 Å². The van der Waals surface area contributed by atoms with Gasteiger partial charge < -0.3 is 19.0 Å². The maximum absolute atomic E-state index is 9.53. The first-order valence-corrected chi connectivity index (χ1v) is 3.56. The van der Waals surface area contributed by atoms with E-state index < -0.39 is 12.4 Å². The third kappa shape index (κ3) is 1.85. The number of aliphatic hydroxyl groups is 1. The lowest BCUT2D eigenvalue weighted by molar-refractivity contribution is -0.170. The summed E-state index contributed by atoms with van der Waals surface area (Å²) in [4.78, 5) is 0. The van der Waals surface area contributed by atoms with Crippen LogP contribution in [0.3, 0.4) is 0 Å². The Morgan fingerprint density at radius 2 is 2.08 bits per heavy atom. The Labute approximate surface area is 70.7 Å². The average Bonchev–Trinajstić information content (AvgIpc) is 2.58. The SMILES string of the molecule is COC(OC)C(O)c1ccco1. The summed E-state index contributed by atoms with van der Waals surface area (Å²) in [7, 11) is 2.92. The maximum atomic E-state index is 9.53. The molecule has 0 saturated heterocycles. The second kappa shape index (κ2) is 4.25. The van der Waals surface area contributed by atoms with E-state index in [2.05, 4.69) is 0 Å². The van der Waals surface area contributed by atoms with Gasteiger partial charge in [-0.25, -0.2) is 0 Å². The molecule has 0 fully saturated rings. The molecule has 0 aliphatic heterocycles. The van der Waals surface area contributed by atoms with Crippen molar-refractivity contribution in [2.75, 3.05) is 14.2 Å². The fraction of sp³-hybridized carbons (Fsp3) is 0.500. The van der Waals surface area contributed by atoms with Crippen molar-refractivity contribution in [2.24, 2.45) is 0 Å². The molecule has 1 heterocycles. The Balaban J connectivity index is 2.63. The average molecular weight is 172 g/mol. The van der Waals surface area contributed by atoms with Crippen LogP contribution < -0.4 is 0 Å². The smallest absolute Gasteiger partial charge is 0.190 e. The predicted molar refractivity (Wildman–Crippen MR) is 41.5 cm³/mol. The van der Waals surface area contributed by atoms with Crippen LogP contribution in [0.25, 0.3) is 0 Å². The molecule has 0 aromatic carbocycles. The Morgan fingerprint density at radius 3 is 2.50 bits per heavy atom. The van der Waals surface area contributed by atoms with E-state index in [4.69, 9.17) is 13.9 Å². The van der Waals surface area contributed by atoms with Crippen molar-refractivity contribution >= 4 is 0 Å². The van der Waals surface area contributed by atoms with Gasteiger partial charge in [0.15, 0.2) is 12.4 Å². The van der Waals surface area contributed by atoms with Crippen molar-refractivity contribution in [3.8, 4) is 0 Å². The van der Waals surface area contributed by atoms with Gasteiger partial charge in [0.25, 0.3) is 0 Å². The van der Waals surface area contributed by atoms with E-state index in [-0.39, 0.29) is 0 Å². The minimum Gasteiger partial charge on any atom is -0.466 e. The largest absolute Gasteiger partial charge is 0.466 e. The minimum absolute atomic E-state index is 0.434. The Bertz CT molecular complexity index is 203. The van der Waals surface area contributed by atoms with Crippen molar-refractivity contribution in [3.63, 3.8) is 0 Å². The number of hydrogen-bond acceptors (Lipinski definition) is 4. The second-order valence-electron chi connectivity index (χ2n) is 2.30. The highest BCUT2D eigenvalue weighted by Crippen LogP contribution is 2.19. The lowest BCUT2D eigenvalue weighted by Crippen LogP contribution is -2.22. The third-order valence-electron chi connectivity index (χ3n) is 1.56. The molecule has 1 N–H and O–H groups in total. The van der Waals surface area contributed by atoms with Gasteiger partial charge in [-0.2, -0.15) is 0 Å². The van der Waals surface area contributed by atoms with E-state index in [1.165, 1.54) is 20.5 Å². The summed E-state index contributed by atoms with van der Waals surface area (Å²) in [5.41, 5.74) is 0. The summed E-state index contributed by atoms with van der Waals surface area (Å²) in [6.07, 6.45) is -0.0767. The fourth-order valence-corrected chi connectivity index (χ4v) is 0.948. The van der Waals surface area contributed by atoms with Gasteiger partial charge in [-0.1, -0.05) is 0 Å². The van der Waals surface area contributed by atoms with Crippen LogP contribution in [-0.2, 0) is 9.47 Å². The van der Waals surface area contributed by atoms with Crippen molar-refractivity contribution in [2.45, 2.75) is 12.4 Å². The zero-order valence-corrected chi connectivity index (χ0v) is 7.06. The summed E-state index contributed by atoms with van der Waals surface area (Å²) in [5.74, 6) is 0.434. The monoisotopic (exact) mass is 172 g/mol. The number of rotatable bonds is 4. The number of hydrogen-bond donors (Lipinski definition) is 1. The lowest BCUT2D eigenvalue weighted by atomic mass is 10.2. The van der Waals surface area contributed by atoms with Gasteiger partial charge in [0.2, 0.25) is 0 Å². The minimum atomic E-state index is -0.880. The fourth-order valence-electron chi connectivity index (χ4n) is 0.948. The van der Waals surface area contributed by atoms with Crippen molar-refractivity contribution in [3.05, 3.63) is 24.2 Å². The van der Waals surface area contributed by atoms with E-state index >= 15 is 0 Å². The van der Waals surface area contributed by atoms with Crippen LogP contribution in [0.5, 0.6) is 0 Å². The van der Waals surface area contributed by atoms with Crippen LogP contribution >= 0.6 is 0 Å². The third-order valence-corrected chi connectivity index (χ3v) is 1.56. The molecule has 4 nitrogen and oxygen atoms in total. The predicted octanol–water partition coefficient (Wildman–Crippen LogP) is 0.932. The molecular formula is C8H12O4. The van der Waals surface area contributed by atoms with Crippen LogP contribution in [0.1, 0.15) is 11.9 Å². The van der Waals surface area contributed by atoms with Crippen LogP contribution in [0.15, 0.2) is 22.8 Å². The molecule has 0 saturated carbocycles. The maximum Gasteiger partial charge on any atom is 0.190 e. The highest BCUT2D eigenvalue weighted by Gasteiger charge is 2.21. The number of furan rings is 1. The number of methoxy groups -OCH3 is 2. The van der Waals surface area contributed by atoms with Crippen molar-refractivity contribution < 1.29 is 19.0 Å². The molecule has 4 heteroatoms. The highest BCUT2D eigenvalue weighted by atomic mass is 16.7. The van der Waals surface area contributed by atoms with Gasteiger partial charge in [0.1, 0.15) is 5.76 Å². The molecule has 1 atom stereocenters. The summed E-state index contributed by atoms with van der Waals surface area (Å²) in [6.45, 7) is 0. The molecule has 1 aromatic heterocycles. The summed E-state index contributed by atoms with van der Waals surface area (Å²) < 4.78 is 14.7. The molecule has 1 unspecified atom stereocenters. The molecule has 0 aliphatic carbocycles. The highest BCUT2D eigenvalue weighted by molar-refractivity contribution is 5.02.